The average molecular weight is 661 g/mol. The number of halogens is 4. The first-order chi connectivity index (χ1) is 20.5. The Bertz CT molecular complexity index is 956. The smallest absolute Gasteiger partial charge is 0.306 e. The molecule has 42 heavy (non-hydrogen) atoms. The van der Waals surface area contributed by atoms with Crippen LogP contribution in [0.2, 0.25) is 0 Å². The van der Waals surface area contributed by atoms with Crippen molar-refractivity contribution in [2.24, 2.45) is 0 Å². The fourth-order valence-electron chi connectivity index (χ4n) is 4.33. The SMILES string of the molecule is O=C(CCCc1ccc(N(CCCl)CCCl)cc1)OC/C=C/COC(=O)CCCc1ccc(N(CCCl)CCCl)cc1. The van der Waals surface area contributed by atoms with Gasteiger partial charge in [0, 0.05) is 73.9 Å². The van der Waals surface area contributed by atoms with Crippen LogP contribution in [0.5, 0.6) is 0 Å². The zero-order valence-electron chi connectivity index (χ0n) is 24.1. The lowest BCUT2D eigenvalue weighted by Gasteiger charge is -2.23. The number of rotatable bonds is 22. The molecule has 0 atom stereocenters. The van der Waals surface area contributed by atoms with Crippen LogP contribution < -0.4 is 9.80 Å². The van der Waals surface area contributed by atoms with Crippen LogP contribution in [-0.4, -0.2) is 74.9 Å². The van der Waals surface area contributed by atoms with Crippen molar-refractivity contribution in [3.63, 3.8) is 0 Å². The number of carbonyl (C=O) groups excluding carboxylic acids is 2. The number of carbonyl (C=O) groups is 2. The van der Waals surface area contributed by atoms with Gasteiger partial charge in [-0.15, -0.1) is 46.4 Å². The maximum atomic E-state index is 12.0. The van der Waals surface area contributed by atoms with E-state index < -0.39 is 0 Å². The van der Waals surface area contributed by atoms with Crippen LogP contribution in [-0.2, 0) is 31.9 Å². The van der Waals surface area contributed by atoms with Gasteiger partial charge < -0.3 is 19.3 Å². The number of ether oxygens (including phenoxy) is 2. The molecule has 6 nitrogen and oxygen atoms in total. The summed E-state index contributed by atoms with van der Waals surface area (Å²) in [7, 11) is 0. The molecule has 0 saturated heterocycles. The van der Waals surface area contributed by atoms with Gasteiger partial charge in [-0.25, -0.2) is 0 Å². The van der Waals surface area contributed by atoms with E-state index >= 15 is 0 Å². The van der Waals surface area contributed by atoms with Crippen LogP contribution in [0, 0.1) is 0 Å². The Morgan fingerprint density at radius 1 is 0.571 bits per heavy atom. The molecule has 0 heterocycles. The Morgan fingerprint density at radius 3 is 1.21 bits per heavy atom. The molecule has 0 aliphatic heterocycles. The maximum Gasteiger partial charge on any atom is 0.306 e. The first-order valence-electron chi connectivity index (χ1n) is 14.4. The highest BCUT2D eigenvalue weighted by molar-refractivity contribution is 6.19. The Kier molecular flexibility index (Phi) is 19.3. The van der Waals surface area contributed by atoms with Gasteiger partial charge in [0.25, 0.3) is 0 Å². The van der Waals surface area contributed by atoms with Crippen molar-refractivity contribution in [2.45, 2.75) is 38.5 Å². The van der Waals surface area contributed by atoms with E-state index in [9.17, 15) is 9.59 Å². The summed E-state index contributed by atoms with van der Waals surface area (Å²) >= 11 is 23.5. The van der Waals surface area contributed by atoms with Crippen molar-refractivity contribution in [2.75, 3.05) is 72.7 Å². The van der Waals surface area contributed by atoms with Crippen LogP contribution in [0.4, 0.5) is 11.4 Å². The van der Waals surface area contributed by atoms with Crippen LogP contribution in [0.15, 0.2) is 60.7 Å². The lowest BCUT2D eigenvalue weighted by molar-refractivity contribution is -0.143. The standard InChI is InChI=1S/C32H42Cl4N2O4/c33-17-21-37(22-18-34)29-13-9-27(10-14-29)5-3-7-31(39)41-25-1-2-26-42-32(40)8-4-6-28-11-15-30(16-12-28)38(23-19-35)24-20-36/h1-2,9-16H,3-8,17-26H2/b2-1+. The van der Waals surface area contributed by atoms with E-state index in [1.165, 1.54) is 0 Å². The quantitative estimate of drug-likeness (QED) is 0.0755. The number of hydrogen-bond acceptors (Lipinski definition) is 6. The fourth-order valence-corrected chi connectivity index (χ4v) is 5.15. The van der Waals surface area contributed by atoms with E-state index in [0.717, 1.165) is 61.5 Å². The first-order valence-corrected chi connectivity index (χ1v) is 16.5. The topological polar surface area (TPSA) is 59.1 Å². The number of alkyl halides is 4. The largest absolute Gasteiger partial charge is 0.461 e. The van der Waals surface area contributed by atoms with Gasteiger partial charge in [-0.2, -0.15) is 0 Å². The summed E-state index contributed by atoms with van der Waals surface area (Å²) in [6.07, 6.45) is 7.06. The zero-order valence-corrected chi connectivity index (χ0v) is 27.2. The molecule has 0 aromatic heterocycles. The molecule has 0 N–H and O–H groups in total. The van der Waals surface area contributed by atoms with Gasteiger partial charge in [-0.05, 0) is 73.2 Å². The summed E-state index contributed by atoms with van der Waals surface area (Å²) in [5, 5.41) is 0. The average Bonchev–Trinajstić information content (AvgIpc) is 2.99. The summed E-state index contributed by atoms with van der Waals surface area (Å²) in [6, 6.07) is 16.5. The molecule has 10 heteroatoms. The summed E-state index contributed by atoms with van der Waals surface area (Å²) in [4.78, 5) is 28.3. The van der Waals surface area contributed by atoms with Crippen molar-refractivity contribution >= 4 is 69.7 Å². The lowest BCUT2D eigenvalue weighted by atomic mass is 10.1. The number of anilines is 2. The molecule has 0 aliphatic rings. The third-order valence-corrected chi connectivity index (χ3v) is 7.24. The minimum absolute atomic E-state index is 0.158. The van der Waals surface area contributed by atoms with Crippen LogP contribution in [0.25, 0.3) is 0 Å². The zero-order chi connectivity index (χ0) is 30.4. The summed E-state index contributed by atoms with van der Waals surface area (Å²) in [6.45, 7) is 3.31. The molecular weight excluding hydrogens is 618 g/mol. The Morgan fingerprint density at radius 2 is 0.905 bits per heavy atom. The Balaban J connectivity index is 1.55. The normalized spacial score (nSPS) is 11.0. The summed E-state index contributed by atoms with van der Waals surface area (Å²) < 4.78 is 10.5. The number of benzene rings is 2. The van der Waals surface area contributed by atoms with E-state index in [-0.39, 0.29) is 25.2 Å². The highest BCUT2D eigenvalue weighted by Crippen LogP contribution is 2.18. The van der Waals surface area contributed by atoms with E-state index in [1.807, 2.05) is 0 Å². The minimum Gasteiger partial charge on any atom is -0.461 e. The van der Waals surface area contributed by atoms with E-state index in [2.05, 4.69) is 58.3 Å². The maximum absolute atomic E-state index is 12.0. The number of esters is 2. The van der Waals surface area contributed by atoms with Crippen molar-refractivity contribution < 1.29 is 19.1 Å². The molecule has 0 saturated carbocycles. The minimum atomic E-state index is -0.248. The van der Waals surface area contributed by atoms with Crippen LogP contribution in [0.1, 0.15) is 36.8 Å². The molecule has 232 valence electrons. The third-order valence-electron chi connectivity index (χ3n) is 6.56. The van der Waals surface area contributed by atoms with E-state index in [4.69, 9.17) is 55.9 Å². The highest BCUT2D eigenvalue weighted by Gasteiger charge is 2.08. The predicted molar refractivity (Wildman–Crippen MR) is 177 cm³/mol. The number of hydrogen-bond donors (Lipinski definition) is 0. The monoisotopic (exact) mass is 658 g/mol. The molecule has 0 amide bonds. The van der Waals surface area contributed by atoms with Gasteiger partial charge in [-0.1, -0.05) is 24.3 Å². The van der Waals surface area contributed by atoms with Crippen molar-refractivity contribution in [1.82, 2.24) is 0 Å². The fraction of sp³-hybridized carbons (Fsp3) is 0.500. The Hall–Kier alpha value is -2.12. The molecule has 0 aliphatic carbocycles. The van der Waals surface area contributed by atoms with Gasteiger partial charge in [0.2, 0.25) is 0 Å². The van der Waals surface area contributed by atoms with Crippen LogP contribution >= 0.6 is 46.4 Å². The molecular formula is C32H42Cl4N2O4. The van der Waals surface area contributed by atoms with Crippen molar-refractivity contribution in [3.8, 4) is 0 Å². The lowest BCUT2D eigenvalue weighted by Crippen LogP contribution is -2.27. The molecule has 2 aromatic carbocycles. The molecule has 0 spiro atoms. The Labute approximate surface area is 270 Å². The van der Waals surface area contributed by atoms with Gasteiger partial charge in [0.05, 0.1) is 0 Å². The van der Waals surface area contributed by atoms with Gasteiger partial charge in [0.15, 0.2) is 0 Å². The predicted octanol–water partition coefficient (Wildman–Crippen LogP) is 7.24. The highest BCUT2D eigenvalue weighted by atomic mass is 35.5. The number of aryl methyl sites for hydroxylation is 2. The second kappa shape index (κ2) is 22.4. The van der Waals surface area contributed by atoms with Gasteiger partial charge in [0.1, 0.15) is 13.2 Å². The first kappa shape index (κ1) is 36.1. The van der Waals surface area contributed by atoms with Crippen LogP contribution in [0.3, 0.4) is 0 Å². The molecule has 0 unspecified atom stereocenters. The van der Waals surface area contributed by atoms with E-state index in [1.54, 1.807) is 12.2 Å². The second-order valence-corrected chi connectivity index (χ2v) is 11.1. The molecule has 0 bridgehead atoms. The molecule has 0 fully saturated rings. The molecule has 0 radical (unpaired) electrons. The molecule has 2 aromatic rings. The summed E-state index contributed by atoms with van der Waals surface area (Å²) in [5.74, 6) is 1.69. The number of nitrogens with zero attached hydrogens (tertiary/aromatic N) is 2. The molecule has 2 rings (SSSR count). The summed E-state index contributed by atoms with van der Waals surface area (Å²) in [5.41, 5.74) is 4.51. The third kappa shape index (κ3) is 14.9. The van der Waals surface area contributed by atoms with Gasteiger partial charge in [-0.3, -0.25) is 9.59 Å². The van der Waals surface area contributed by atoms with Crippen molar-refractivity contribution in [1.29, 1.82) is 0 Å². The van der Waals surface area contributed by atoms with Gasteiger partial charge >= 0.3 is 11.9 Å². The van der Waals surface area contributed by atoms with Crippen molar-refractivity contribution in [3.05, 3.63) is 71.8 Å². The second-order valence-electron chi connectivity index (χ2n) is 9.61. The van der Waals surface area contributed by atoms with E-state index in [0.29, 0.717) is 49.2 Å².